The van der Waals surface area contributed by atoms with Gasteiger partial charge < -0.3 is 9.84 Å². The zero-order valence-electron chi connectivity index (χ0n) is 8.50. The van der Waals surface area contributed by atoms with Crippen molar-refractivity contribution in [2.75, 3.05) is 6.61 Å². The number of hydrogen-bond acceptors (Lipinski definition) is 3. The monoisotopic (exact) mass is 198 g/mol. The predicted octanol–water partition coefficient (Wildman–Crippen LogP) is 1.05. The van der Waals surface area contributed by atoms with Crippen LogP contribution in [0.15, 0.2) is 6.20 Å². The van der Waals surface area contributed by atoms with Gasteiger partial charge in [0, 0.05) is 17.9 Å². The standard InChI is InChI=1S/C9H14N2O3/c1-4-14-9(3,8(12)13)7-5-10-11-6(7)2/h5H,4H2,1-3H3,(H,10,11)(H,12,13). The predicted molar refractivity (Wildman–Crippen MR) is 49.9 cm³/mol. The normalized spacial score (nSPS) is 15.1. The Morgan fingerprint density at radius 3 is 2.79 bits per heavy atom. The van der Waals surface area contributed by atoms with Gasteiger partial charge in [0.05, 0.1) is 6.20 Å². The SMILES string of the molecule is CCOC(C)(C(=O)O)c1cn[nH]c1C. The lowest BCUT2D eigenvalue weighted by atomic mass is 9.97. The second-order valence-electron chi connectivity index (χ2n) is 3.18. The summed E-state index contributed by atoms with van der Waals surface area (Å²) in [5, 5.41) is 15.6. The van der Waals surface area contributed by atoms with Crippen LogP contribution in [-0.2, 0) is 15.1 Å². The van der Waals surface area contributed by atoms with E-state index in [4.69, 9.17) is 9.84 Å². The largest absolute Gasteiger partial charge is 0.479 e. The van der Waals surface area contributed by atoms with Crippen molar-refractivity contribution in [2.24, 2.45) is 0 Å². The maximum absolute atomic E-state index is 11.1. The average molecular weight is 198 g/mol. The molecule has 2 N–H and O–H groups in total. The zero-order chi connectivity index (χ0) is 10.8. The maximum atomic E-state index is 11.1. The minimum atomic E-state index is -1.31. The molecule has 0 radical (unpaired) electrons. The molecule has 1 aromatic heterocycles. The van der Waals surface area contributed by atoms with Gasteiger partial charge in [-0.25, -0.2) is 4.79 Å². The highest BCUT2D eigenvalue weighted by Crippen LogP contribution is 2.27. The lowest BCUT2D eigenvalue weighted by molar-refractivity contribution is -0.164. The molecular formula is C9H14N2O3. The van der Waals surface area contributed by atoms with Crippen molar-refractivity contribution in [2.45, 2.75) is 26.4 Å². The van der Waals surface area contributed by atoms with E-state index in [1.807, 2.05) is 0 Å². The number of aliphatic carboxylic acids is 1. The summed E-state index contributed by atoms with van der Waals surface area (Å²) >= 11 is 0. The first-order chi connectivity index (χ1) is 6.52. The van der Waals surface area contributed by atoms with Crippen LogP contribution in [0.1, 0.15) is 25.1 Å². The van der Waals surface area contributed by atoms with Crippen LogP contribution in [0.25, 0.3) is 0 Å². The van der Waals surface area contributed by atoms with E-state index < -0.39 is 11.6 Å². The van der Waals surface area contributed by atoms with E-state index in [0.717, 1.165) is 0 Å². The molecule has 0 saturated heterocycles. The zero-order valence-corrected chi connectivity index (χ0v) is 8.50. The molecule has 0 spiro atoms. The fourth-order valence-electron chi connectivity index (χ4n) is 1.38. The quantitative estimate of drug-likeness (QED) is 0.758. The van der Waals surface area contributed by atoms with Crippen LogP contribution in [0.5, 0.6) is 0 Å². The molecular weight excluding hydrogens is 184 g/mol. The lowest BCUT2D eigenvalue weighted by Gasteiger charge is -2.24. The number of aromatic amines is 1. The third-order valence-electron chi connectivity index (χ3n) is 2.18. The van der Waals surface area contributed by atoms with Gasteiger partial charge in [0.2, 0.25) is 0 Å². The number of aryl methyl sites for hydroxylation is 1. The highest BCUT2D eigenvalue weighted by atomic mass is 16.5. The molecule has 78 valence electrons. The van der Waals surface area contributed by atoms with Crippen molar-refractivity contribution in [1.82, 2.24) is 10.2 Å². The average Bonchev–Trinajstić information content (AvgIpc) is 2.51. The maximum Gasteiger partial charge on any atom is 0.340 e. The van der Waals surface area contributed by atoms with Crippen LogP contribution in [0.4, 0.5) is 0 Å². The molecule has 0 fully saturated rings. The van der Waals surface area contributed by atoms with Crippen LogP contribution < -0.4 is 0 Å². The topological polar surface area (TPSA) is 75.2 Å². The molecule has 0 bridgehead atoms. The highest BCUT2D eigenvalue weighted by molar-refractivity contribution is 5.79. The summed E-state index contributed by atoms with van der Waals surface area (Å²) in [6.07, 6.45) is 1.49. The van der Waals surface area contributed by atoms with Crippen LogP contribution >= 0.6 is 0 Å². The Balaban J connectivity index is 3.12. The summed E-state index contributed by atoms with van der Waals surface area (Å²) in [5.41, 5.74) is -0.0403. The molecule has 1 unspecified atom stereocenters. The summed E-state index contributed by atoms with van der Waals surface area (Å²) in [6, 6.07) is 0. The molecule has 5 heteroatoms. The summed E-state index contributed by atoms with van der Waals surface area (Å²) in [4.78, 5) is 11.1. The fraction of sp³-hybridized carbons (Fsp3) is 0.556. The molecule has 5 nitrogen and oxygen atoms in total. The van der Waals surface area contributed by atoms with Gasteiger partial charge in [0.25, 0.3) is 0 Å². The van der Waals surface area contributed by atoms with Crippen LogP contribution in [0.2, 0.25) is 0 Å². The molecule has 14 heavy (non-hydrogen) atoms. The first-order valence-corrected chi connectivity index (χ1v) is 4.40. The van der Waals surface area contributed by atoms with Crippen LogP contribution in [-0.4, -0.2) is 27.9 Å². The first kappa shape index (κ1) is 10.7. The highest BCUT2D eigenvalue weighted by Gasteiger charge is 2.38. The Bertz CT molecular complexity index is 335. The second kappa shape index (κ2) is 3.79. The number of rotatable bonds is 4. The van der Waals surface area contributed by atoms with Gasteiger partial charge in [-0.1, -0.05) is 0 Å². The third kappa shape index (κ3) is 1.63. The van der Waals surface area contributed by atoms with Crippen molar-refractivity contribution in [1.29, 1.82) is 0 Å². The Kier molecular flexibility index (Phi) is 2.90. The molecule has 1 atom stereocenters. The van der Waals surface area contributed by atoms with Crippen molar-refractivity contribution in [3.63, 3.8) is 0 Å². The molecule has 1 aromatic rings. The number of nitrogens with zero attached hydrogens (tertiary/aromatic N) is 1. The Hall–Kier alpha value is -1.36. The number of hydrogen-bond donors (Lipinski definition) is 2. The van der Waals surface area contributed by atoms with Crippen molar-refractivity contribution >= 4 is 5.97 Å². The van der Waals surface area contributed by atoms with Gasteiger partial charge in [-0.3, -0.25) is 5.10 Å². The smallest absolute Gasteiger partial charge is 0.340 e. The molecule has 0 aromatic carbocycles. The second-order valence-corrected chi connectivity index (χ2v) is 3.18. The van der Waals surface area contributed by atoms with Crippen molar-refractivity contribution in [3.8, 4) is 0 Å². The molecule has 1 rings (SSSR count). The van der Waals surface area contributed by atoms with Crippen molar-refractivity contribution < 1.29 is 14.6 Å². The Morgan fingerprint density at radius 1 is 1.79 bits per heavy atom. The third-order valence-corrected chi connectivity index (χ3v) is 2.18. The number of carbonyl (C=O) groups is 1. The van der Waals surface area contributed by atoms with Gasteiger partial charge in [0.1, 0.15) is 0 Å². The molecule has 0 aliphatic rings. The van der Waals surface area contributed by atoms with Gasteiger partial charge >= 0.3 is 5.97 Å². The van der Waals surface area contributed by atoms with Gasteiger partial charge in [-0.2, -0.15) is 5.10 Å². The summed E-state index contributed by atoms with van der Waals surface area (Å²) < 4.78 is 5.26. The summed E-state index contributed by atoms with van der Waals surface area (Å²) in [6.45, 7) is 5.39. The van der Waals surface area contributed by atoms with E-state index in [1.54, 1.807) is 13.8 Å². The molecule has 0 saturated carbocycles. The van der Waals surface area contributed by atoms with Gasteiger partial charge in [0.15, 0.2) is 5.60 Å². The number of aromatic nitrogens is 2. The Morgan fingerprint density at radius 2 is 2.43 bits per heavy atom. The van der Waals surface area contributed by atoms with Crippen LogP contribution in [0.3, 0.4) is 0 Å². The van der Waals surface area contributed by atoms with Crippen LogP contribution in [0, 0.1) is 6.92 Å². The van der Waals surface area contributed by atoms with E-state index in [2.05, 4.69) is 10.2 Å². The minimum Gasteiger partial charge on any atom is -0.479 e. The number of H-pyrrole nitrogens is 1. The van der Waals surface area contributed by atoms with E-state index in [1.165, 1.54) is 13.1 Å². The number of ether oxygens (including phenoxy) is 1. The summed E-state index contributed by atoms with van der Waals surface area (Å²) in [7, 11) is 0. The summed E-state index contributed by atoms with van der Waals surface area (Å²) in [5.74, 6) is -1.01. The fourth-order valence-corrected chi connectivity index (χ4v) is 1.38. The minimum absolute atomic E-state index is 0.341. The number of carboxylic acids is 1. The molecule has 0 amide bonds. The molecule has 0 aliphatic carbocycles. The van der Waals surface area contributed by atoms with E-state index in [9.17, 15) is 4.79 Å². The van der Waals surface area contributed by atoms with Gasteiger partial charge in [-0.15, -0.1) is 0 Å². The molecule has 0 aliphatic heterocycles. The van der Waals surface area contributed by atoms with E-state index in [-0.39, 0.29) is 0 Å². The van der Waals surface area contributed by atoms with Gasteiger partial charge in [-0.05, 0) is 20.8 Å². The van der Waals surface area contributed by atoms with E-state index >= 15 is 0 Å². The number of carboxylic acid groups (broad SMARTS) is 1. The number of nitrogens with one attached hydrogen (secondary N) is 1. The van der Waals surface area contributed by atoms with E-state index in [0.29, 0.717) is 17.9 Å². The first-order valence-electron chi connectivity index (χ1n) is 4.40. The molecule has 1 heterocycles. The Labute approximate surface area is 82.1 Å². The van der Waals surface area contributed by atoms with Crippen molar-refractivity contribution in [3.05, 3.63) is 17.5 Å². The lowest BCUT2D eigenvalue weighted by Crippen LogP contribution is -2.35.